The Morgan fingerprint density at radius 3 is 1.49 bits per heavy atom. The van der Waals surface area contributed by atoms with Crippen molar-refractivity contribution in [3.63, 3.8) is 0 Å². The molecule has 0 unspecified atom stereocenters. The molecule has 61 heavy (non-hydrogen) atoms. The Hall–Kier alpha value is -8.14. The molecule has 0 aliphatic heterocycles. The topological polar surface area (TPSA) is 21.9 Å². The van der Waals surface area contributed by atoms with Gasteiger partial charge in [0.2, 0.25) is 0 Å². The molecule has 0 saturated carbocycles. The Labute approximate surface area is 354 Å². The first-order chi connectivity index (χ1) is 30.2. The lowest BCUT2D eigenvalue weighted by Crippen LogP contribution is -1.95. The molecule has 0 saturated heterocycles. The summed E-state index contributed by atoms with van der Waals surface area (Å²) in [6, 6.07) is 83.6. The van der Waals surface area contributed by atoms with E-state index in [-0.39, 0.29) is 0 Å². The van der Waals surface area contributed by atoms with Crippen molar-refractivity contribution in [2.75, 3.05) is 5.32 Å². The van der Waals surface area contributed by atoms with Crippen LogP contribution < -0.4 is 5.32 Å². The van der Waals surface area contributed by atoms with Crippen molar-refractivity contribution in [2.45, 2.75) is 0 Å². The molecule has 10 aromatic carbocycles. The standard InChI is InChI=1S/C58H39N3/c1-3-13-39(14-4-1)41-23-29-47(30-24-41)60-55-21-11-9-19-49(55)52-37-44(27-33-57(52)60)43-26-32-54(59-46-17-5-2-6-18-46)51(36-43)45-28-34-58-53(38-45)50-20-10-12-22-56(50)61(58)48-31-25-40-15-7-8-16-42(40)35-48/h1-38,59H. The smallest absolute Gasteiger partial charge is 0.0541 e. The summed E-state index contributed by atoms with van der Waals surface area (Å²) in [5.41, 5.74) is 16.3. The van der Waals surface area contributed by atoms with E-state index in [2.05, 4.69) is 245 Å². The number of anilines is 2. The first kappa shape index (κ1) is 34.9. The van der Waals surface area contributed by atoms with Gasteiger partial charge < -0.3 is 14.5 Å². The Kier molecular flexibility index (Phi) is 8.17. The first-order valence-corrected chi connectivity index (χ1v) is 20.9. The van der Waals surface area contributed by atoms with Gasteiger partial charge in [0.25, 0.3) is 0 Å². The normalized spacial score (nSPS) is 11.6. The molecule has 0 fully saturated rings. The third-order valence-electron chi connectivity index (χ3n) is 12.3. The number of hydrogen-bond acceptors (Lipinski definition) is 1. The van der Waals surface area contributed by atoms with Gasteiger partial charge in [-0.2, -0.15) is 0 Å². The highest BCUT2D eigenvalue weighted by Crippen LogP contribution is 2.41. The molecule has 3 nitrogen and oxygen atoms in total. The van der Waals surface area contributed by atoms with Crippen molar-refractivity contribution in [1.29, 1.82) is 0 Å². The van der Waals surface area contributed by atoms with Crippen LogP contribution in [0.5, 0.6) is 0 Å². The molecule has 286 valence electrons. The van der Waals surface area contributed by atoms with E-state index >= 15 is 0 Å². The maximum absolute atomic E-state index is 3.76. The summed E-state index contributed by atoms with van der Waals surface area (Å²) >= 11 is 0. The van der Waals surface area contributed by atoms with E-state index in [1.165, 1.54) is 76.6 Å². The largest absolute Gasteiger partial charge is 0.355 e. The fraction of sp³-hybridized carbons (Fsp3) is 0. The van der Waals surface area contributed by atoms with Crippen molar-refractivity contribution in [3.8, 4) is 44.8 Å². The zero-order valence-electron chi connectivity index (χ0n) is 33.3. The quantitative estimate of drug-likeness (QED) is 0.171. The monoisotopic (exact) mass is 777 g/mol. The summed E-state index contributed by atoms with van der Waals surface area (Å²) < 4.78 is 4.80. The molecule has 0 atom stereocenters. The van der Waals surface area contributed by atoms with Crippen LogP contribution in [0.4, 0.5) is 11.4 Å². The van der Waals surface area contributed by atoms with E-state index in [1.54, 1.807) is 0 Å². The lowest BCUT2D eigenvalue weighted by Gasteiger charge is -2.16. The number of aromatic nitrogens is 2. The van der Waals surface area contributed by atoms with Crippen LogP contribution >= 0.6 is 0 Å². The molecule has 0 bridgehead atoms. The number of rotatable bonds is 7. The van der Waals surface area contributed by atoms with Crippen LogP contribution in [0.25, 0.3) is 99.1 Å². The van der Waals surface area contributed by atoms with Gasteiger partial charge in [0.15, 0.2) is 0 Å². The van der Waals surface area contributed by atoms with Gasteiger partial charge in [-0.15, -0.1) is 0 Å². The number of nitrogens with zero attached hydrogens (tertiary/aromatic N) is 2. The zero-order valence-corrected chi connectivity index (χ0v) is 33.3. The first-order valence-electron chi connectivity index (χ1n) is 20.9. The highest BCUT2D eigenvalue weighted by Gasteiger charge is 2.18. The minimum absolute atomic E-state index is 1.05. The minimum Gasteiger partial charge on any atom is -0.355 e. The van der Waals surface area contributed by atoms with Crippen LogP contribution in [0.15, 0.2) is 231 Å². The molecule has 0 aliphatic rings. The van der Waals surface area contributed by atoms with Crippen molar-refractivity contribution in [3.05, 3.63) is 231 Å². The number of hydrogen-bond donors (Lipinski definition) is 1. The van der Waals surface area contributed by atoms with Crippen molar-refractivity contribution in [2.24, 2.45) is 0 Å². The Morgan fingerprint density at radius 2 is 0.770 bits per heavy atom. The van der Waals surface area contributed by atoms with E-state index in [9.17, 15) is 0 Å². The van der Waals surface area contributed by atoms with Crippen LogP contribution in [0, 0.1) is 0 Å². The average molecular weight is 778 g/mol. The third-order valence-corrected chi connectivity index (χ3v) is 12.3. The highest BCUT2D eigenvalue weighted by atomic mass is 15.0. The van der Waals surface area contributed by atoms with E-state index in [4.69, 9.17) is 0 Å². The molecule has 2 heterocycles. The molecule has 12 rings (SSSR count). The van der Waals surface area contributed by atoms with Gasteiger partial charge in [0, 0.05) is 49.9 Å². The predicted molar refractivity (Wildman–Crippen MR) is 259 cm³/mol. The van der Waals surface area contributed by atoms with Gasteiger partial charge in [0.05, 0.1) is 22.1 Å². The zero-order chi connectivity index (χ0) is 40.3. The molecule has 0 radical (unpaired) electrons. The molecule has 3 heteroatoms. The Morgan fingerprint density at radius 1 is 0.279 bits per heavy atom. The van der Waals surface area contributed by atoms with E-state index < -0.39 is 0 Å². The summed E-state index contributed by atoms with van der Waals surface area (Å²) in [4.78, 5) is 0. The number of para-hydroxylation sites is 3. The second kappa shape index (κ2) is 14.3. The van der Waals surface area contributed by atoms with Gasteiger partial charge in [0.1, 0.15) is 0 Å². The van der Waals surface area contributed by atoms with Gasteiger partial charge in [-0.1, -0.05) is 146 Å². The molecule has 0 spiro atoms. The molecule has 0 aliphatic carbocycles. The average Bonchev–Trinajstić information content (AvgIpc) is 3.84. The van der Waals surface area contributed by atoms with Crippen molar-refractivity contribution >= 4 is 65.8 Å². The molecule has 12 aromatic rings. The highest BCUT2D eigenvalue weighted by molar-refractivity contribution is 6.12. The van der Waals surface area contributed by atoms with Crippen LogP contribution in [-0.4, -0.2) is 9.13 Å². The summed E-state index contributed by atoms with van der Waals surface area (Å²) in [7, 11) is 0. The fourth-order valence-electron chi connectivity index (χ4n) is 9.35. The molecule has 1 N–H and O–H groups in total. The Balaban J connectivity index is 0.999. The molecular weight excluding hydrogens is 739 g/mol. The maximum atomic E-state index is 3.76. The van der Waals surface area contributed by atoms with Crippen LogP contribution in [0.2, 0.25) is 0 Å². The Bertz CT molecular complexity index is 3600. The number of benzene rings is 10. The lowest BCUT2D eigenvalue weighted by atomic mass is 9.95. The van der Waals surface area contributed by atoms with Gasteiger partial charge in [-0.05, 0) is 124 Å². The van der Waals surface area contributed by atoms with Crippen LogP contribution in [0.1, 0.15) is 0 Å². The van der Waals surface area contributed by atoms with Gasteiger partial charge in [-0.25, -0.2) is 0 Å². The maximum Gasteiger partial charge on any atom is 0.0541 e. The molecule has 2 aromatic heterocycles. The summed E-state index contributed by atoms with van der Waals surface area (Å²) in [5, 5.41) is 11.2. The van der Waals surface area contributed by atoms with Gasteiger partial charge in [-0.3, -0.25) is 0 Å². The minimum atomic E-state index is 1.05. The van der Waals surface area contributed by atoms with E-state index in [0.717, 1.165) is 33.9 Å². The summed E-state index contributed by atoms with van der Waals surface area (Å²) in [5.74, 6) is 0. The summed E-state index contributed by atoms with van der Waals surface area (Å²) in [6.07, 6.45) is 0. The SMILES string of the molecule is c1ccc(Nc2ccc(-c3ccc4c(c3)c3ccccc3n4-c3ccc(-c4ccccc4)cc3)cc2-c2ccc3c(c2)c2ccccc2n3-c2ccc3ccccc3c2)cc1. The van der Waals surface area contributed by atoms with Gasteiger partial charge >= 0.3 is 0 Å². The second-order valence-electron chi connectivity index (χ2n) is 15.9. The van der Waals surface area contributed by atoms with Crippen molar-refractivity contribution in [1.82, 2.24) is 9.13 Å². The van der Waals surface area contributed by atoms with E-state index in [0.29, 0.717) is 0 Å². The van der Waals surface area contributed by atoms with E-state index in [1.807, 2.05) is 0 Å². The third kappa shape index (κ3) is 5.98. The second-order valence-corrected chi connectivity index (χ2v) is 15.9. The number of fused-ring (bicyclic) bond motifs is 7. The lowest BCUT2D eigenvalue weighted by molar-refractivity contribution is 1.18. The van der Waals surface area contributed by atoms with Crippen LogP contribution in [-0.2, 0) is 0 Å². The fourth-order valence-corrected chi connectivity index (χ4v) is 9.35. The van der Waals surface area contributed by atoms with Crippen LogP contribution in [0.3, 0.4) is 0 Å². The summed E-state index contributed by atoms with van der Waals surface area (Å²) in [6.45, 7) is 0. The molecule has 0 amide bonds. The number of nitrogens with one attached hydrogen (secondary N) is 1. The van der Waals surface area contributed by atoms with Crippen molar-refractivity contribution < 1.29 is 0 Å². The predicted octanol–water partition coefficient (Wildman–Crippen LogP) is 15.8. The molecular formula is C58H39N3.